The monoisotopic (exact) mass is 260 g/mol. The molecule has 0 saturated heterocycles. The average Bonchev–Trinajstić information content (AvgIpc) is 2.18. The number of rotatable bonds is 4. The second-order valence-electron chi connectivity index (χ2n) is 5.53. The summed E-state index contributed by atoms with van der Waals surface area (Å²) in [5.74, 6) is -1.62. The van der Waals surface area contributed by atoms with E-state index < -0.39 is 23.1 Å². The summed E-state index contributed by atoms with van der Waals surface area (Å²) in [6.45, 7) is 10.3. The van der Waals surface area contributed by atoms with Crippen molar-refractivity contribution in [3.8, 4) is 0 Å². The van der Waals surface area contributed by atoms with Crippen LogP contribution in [0.2, 0.25) is 0 Å². The summed E-state index contributed by atoms with van der Waals surface area (Å²) in [5, 5.41) is 0. The molecule has 6 nitrogen and oxygen atoms in total. The van der Waals surface area contributed by atoms with Crippen molar-refractivity contribution in [1.82, 2.24) is 0 Å². The third-order valence-electron chi connectivity index (χ3n) is 1.10. The van der Waals surface area contributed by atoms with E-state index in [1.807, 2.05) is 0 Å². The molecule has 0 fully saturated rings. The Morgan fingerprint density at radius 2 is 1.00 bits per heavy atom. The maximum Gasteiger partial charge on any atom is 0.366 e. The zero-order valence-corrected chi connectivity index (χ0v) is 11.6. The van der Waals surface area contributed by atoms with Gasteiger partial charge in [0.25, 0.3) is 0 Å². The van der Waals surface area contributed by atoms with Crippen LogP contribution in [0.5, 0.6) is 0 Å². The molecular formula is C12H20O6. The molecule has 0 unspecified atom stereocenters. The Morgan fingerprint density at radius 1 is 0.722 bits per heavy atom. The van der Waals surface area contributed by atoms with E-state index in [1.165, 1.54) is 0 Å². The van der Waals surface area contributed by atoms with Gasteiger partial charge in [-0.25, -0.2) is 9.59 Å². The van der Waals surface area contributed by atoms with E-state index in [2.05, 4.69) is 9.78 Å². The Balaban J connectivity index is 4.00. The van der Waals surface area contributed by atoms with E-state index in [9.17, 15) is 9.59 Å². The van der Waals surface area contributed by atoms with Gasteiger partial charge in [0.05, 0.1) is 0 Å². The fourth-order valence-corrected chi connectivity index (χ4v) is 0.524. The Bertz CT molecular complexity index is 286. The number of carbonyl (C=O) groups is 2. The van der Waals surface area contributed by atoms with E-state index in [0.29, 0.717) is 0 Å². The first-order valence-electron chi connectivity index (χ1n) is 5.47. The summed E-state index contributed by atoms with van der Waals surface area (Å²) < 4.78 is 0. The second kappa shape index (κ2) is 6.51. The van der Waals surface area contributed by atoms with Crippen LogP contribution >= 0.6 is 0 Å². The molecule has 104 valence electrons. The standard InChI is InChI=1S/C12H20O6/c1-11(2,3)17-15-9(13)7-8-10(14)16-18-12(4,5)6/h7-8H,1-6H3/b8-7+. The van der Waals surface area contributed by atoms with Gasteiger partial charge in [-0.15, -0.1) is 0 Å². The van der Waals surface area contributed by atoms with Crippen molar-refractivity contribution >= 4 is 11.9 Å². The first kappa shape index (κ1) is 16.6. The van der Waals surface area contributed by atoms with Gasteiger partial charge in [0.2, 0.25) is 0 Å². The highest BCUT2D eigenvalue weighted by atomic mass is 17.2. The van der Waals surface area contributed by atoms with E-state index in [4.69, 9.17) is 9.78 Å². The minimum absolute atomic E-state index is 0.612. The molecule has 0 amide bonds. The smallest absolute Gasteiger partial charge is 0.293 e. The third kappa shape index (κ3) is 11.1. The lowest BCUT2D eigenvalue weighted by atomic mass is 10.2. The molecule has 0 spiro atoms. The first-order chi connectivity index (χ1) is 7.99. The summed E-state index contributed by atoms with van der Waals surface area (Å²) in [6, 6.07) is 0. The minimum atomic E-state index is -0.808. The molecular weight excluding hydrogens is 240 g/mol. The van der Waals surface area contributed by atoms with E-state index >= 15 is 0 Å². The Hall–Kier alpha value is -1.40. The summed E-state index contributed by atoms with van der Waals surface area (Å²) in [4.78, 5) is 40.6. The van der Waals surface area contributed by atoms with Gasteiger partial charge in [0.1, 0.15) is 11.2 Å². The molecule has 0 N–H and O–H groups in total. The van der Waals surface area contributed by atoms with Crippen molar-refractivity contribution in [2.75, 3.05) is 0 Å². The molecule has 0 atom stereocenters. The summed E-state index contributed by atoms with van der Waals surface area (Å²) in [5.41, 5.74) is -1.22. The van der Waals surface area contributed by atoms with Crippen molar-refractivity contribution in [3.63, 3.8) is 0 Å². The maximum atomic E-state index is 11.1. The van der Waals surface area contributed by atoms with Crippen LogP contribution in [0.15, 0.2) is 12.2 Å². The summed E-state index contributed by atoms with van der Waals surface area (Å²) in [7, 11) is 0. The molecule has 0 rings (SSSR count). The van der Waals surface area contributed by atoms with Gasteiger partial charge in [-0.1, -0.05) is 0 Å². The van der Waals surface area contributed by atoms with Crippen LogP contribution in [0.25, 0.3) is 0 Å². The molecule has 0 aliphatic heterocycles. The molecule has 0 aromatic rings. The molecule has 0 aromatic carbocycles. The summed E-state index contributed by atoms with van der Waals surface area (Å²) in [6.07, 6.45) is 1.78. The van der Waals surface area contributed by atoms with E-state index in [-0.39, 0.29) is 0 Å². The lowest BCUT2D eigenvalue weighted by Crippen LogP contribution is -2.22. The zero-order valence-electron chi connectivity index (χ0n) is 11.6. The highest BCUT2D eigenvalue weighted by Crippen LogP contribution is 2.08. The van der Waals surface area contributed by atoms with Gasteiger partial charge in [-0.3, -0.25) is 9.78 Å². The van der Waals surface area contributed by atoms with Gasteiger partial charge < -0.3 is 0 Å². The predicted octanol–water partition coefficient (Wildman–Crippen LogP) is 2.09. The van der Waals surface area contributed by atoms with Crippen molar-refractivity contribution in [3.05, 3.63) is 12.2 Å². The van der Waals surface area contributed by atoms with E-state index in [0.717, 1.165) is 12.2 Å². The van der Waals surface area contributed by atoms with Gasteiger partial charge in [-0.2, -0.15) is 9.78 Å². The molecule has 0 aromatic heterocycles. The minimum Gasteiger partial charge on any atom is -0.293 e. The van der Waals surface area contributed by atoms with Crippen LogP contribution in [0, 0.1) is 0 Å². The Kier molecular flexibility index (Phi) is 6.00. The van der Waals surface area contributed by atoms with Crippen LogP contribution in [0.1, 0.15) is 41.5 Å². The Morgan fingerprint density at radius 3 is 1.22 bits per heavy atom. The number of hydrogen-bond acceptors (Lipinski definition) is 6. The van der Waals surface area contributed by atoms with Gasteiger partial charge in [-0.05, 0) is 41.5 Å². The lowest BCUT2D eigenvalue weighted by Gasteiger charge is -2.16. The van der Waals surface area contributed by atoms with Crippen molar-refractivity contribution in [1.29, 1.82) is 0 Å². The highest BCUT2D eigenvalue weighted by molar-refractivity contribution is 5.91. The van der Waals surface area contributed by atoms with Crippen LogP contribution in [0.4, 0.5) is 0 Å². The van der Waals surface area contributed by atoms with Crippen molar-refractivity contribution in [2.24, 2.45) is 0 Å². The fourth-order valence-electron chi connectivity index (χ4n) is 0.524. The molecule has 0 aliphatic carbocycles. The highest BCUT2D eigenvalue weighted by Gasteiger charge is 2.15. The molecule has 18 heavy (non-hydrogen) atoms. The average molecular weight is 260 g/mol. The van der Waals surface area contributed by atoms with Crippen LogP contribution in [0.3, 0.4) is 0 Å². The molecule has 0 aliphatic rings. The molecule has 0 bridgehead atoms. The molecule has 0 radical (unpaired) electrons. The molecule has 0 heterocycles. The second-order valence-corrected chi connectivity index (χ2v) is 5.53. The largest absolute Gasteiger partial charge is 0.366 e. The van der Waals surface area contributed by atoms with Crippen molar-refractivity contribution < 1.29 is 29.1 Å². The maximum absolute atomic E-state index is 11.1. The van der Waals surface area contributed by atoms with Crippen LogP contribution in [-0.4, -0.2) is 23.1 Å². The number of hydrogen-bond donors (Lipinski definition) is 0. The van der Waals surface area contributed by atoms with Crippen LogP contribution < -0.4 is 0 Å². The predicted molar refractivity (Wildman–Crippen MR) is 63.0 cm³/mol. The molecule has 6 heteroatoms. The van der Waals surface area contributed by atoms with E-state index in [1.54, 1.807) is 41.5 Å². The van der Waals surface area contributed by atoms with Crippen LogP contribution in [-0.2, 0) is 29.1 Å². The quantitative estimate of drug-likeness (QED) is 0.438. The van der Waals surface area contributed by atoms with Gasteiger partial charge in [0.15, 0.2) is 0 Å². The summed E-state index contributed by atoms with van der Waals surface area (Å²) >= 11 is 0. The van der Waals surface area contributed by atoms with Gasteiger partial charge >= 0.3 is 11.9 Å². The first-order valence-corrected chi connectivity index (χ1v) is 5.47. The fraction of sp³-hybridized carbons (Fsp3) is 0.667. The third-order valence-corrected chi connectivity index (χ3v) is 1.10. The Labute approximate surface area is 107 Å². The topological polar surface area (TPSA) is 71.1 Å². The SMILES string of the molecule is CC(C)(C)OOC(=O)/C=C/C(=O)OOC(C)(C)C. The van der Waals surface area contributed by atoms with Crippen molar-refractivity contribution in [2.45, 2.75) is 52.7 Å². The zero-order chi connectivity index (χ0) is 14.4. The normalized spacial score (nSPS) is 12.6. The number of carbonyl (C=O) groups excluding carboxylic acids is 2. The molecule has 0 saturated carbocycles. The lowest BCUT2D eigenvalue weighted by molar-refractivity contribution is -0.317. The van der Waals surface area contributed by atoms with Gasteiger partial charge in [0, 0.05) is 12.2 Å².